The molecule has 23 N–H and O–H groups in total. The number of pyridine rings is 1. The van der Waals surface area contributed by atoms with E-state index < -0.39 is 261 Å². The molecule has 1 aromatic rings. The van der Waals surface area contributed by atoms with E-state index in [2.05, 4.69) is 10.3 Å². The van der Waals surface area contributed by atoms with Crippen molar-refractivity contribution < 1.29 is 174 Å². The Kier molecular flexibility index (Phi) is 23.7. The van der Waals surface area contributed by atoms with Crippen LogP contribution in [0.2, 0.25) is 0 Å². The number of hydrogen-bond acceptors (Lipinski definition) is 37. The highest BCUT2D eigenvalue weighted by Gasteiger charge is 2.58. The van der Waals surface area contributed by atoms with Crippen molar-refractivity contribution in [2.24, 2.45) is 0 Å². The van der Waals surface area contributed by atoms with Crippen LogP contribution in [0, 0.1) is 0 Å². The van der Waals surface area contributed by atoms with E-state index in [1.54, 1.807) is 12.1 Å². The van der Waals surface area contributed by atoms with Gasteiger partial charge in [0.1, 0.15) is 177 Å². The predicted molar refractivity (Wildman–Crippen MR) is 257 cm³/mol. The summed E-state index contributed by atoms with van der Waals surface area (Å²) in [5, 5.41) is 239. The van der Waals surface area contributed by atoms with Gasteiger partial charge in [0, 0.05) is 6.20 Å². The van der Waals surface area contributed by atoms with Gasteiger partial charge in [-0.1, -0.05) is 6.07 Å². The molecule has 0 spiro atoms. The first-order valence-corrected chi connectivity index (χ1v) is 26.7. The van der Waals surface area contributed by atoms with Gasteiger partial charge in [-0.05, 0) is 12.1 Å². The standard InChI is InChI=1S/C47H76N2O35/c50-5-12-21(57)23(59)29(65)42(73-12)80-36-14(7-52)75-44(31(67)25(36)61)82-38-16(9-54)77-46(33(69)27(38)63)84-40-18(11-56)78-47(34(70)28(40)64)83-39-17(10-55)76-45(32(68)26(39)62)81-37-15(8-53)74-43(30(66)24(37)60)79-35-13(6-51)72-41(71)20(22(35)58)49-19-3-1-2-4-48-19/h1-4,12-18,20-47,50-71H,5-11H2,(H,48,49)/t12-,13-,14-,15-,16-,17-,18-,20-,21-,22-,23+,24-,25-,26-,27-,28-,29-,30-,31-,32-,33-,34-,35-,36-,37-,38-,39-,40-,41?,42-,43-,44-,45-,46-,47-/m1/s1. The third-order valence-corrected chi connectivity index (χ3v) is 15.6. The largest absolute Gasteiger partial charge is 0.394 e. The Morgan fingerprint density at radius 1 is 0.310 bits per heavy atom. The molecule has 8 rings (SSSR count). The first-order chi connectivity index (χ1) is 40.0. The number of nitrogens with zero attached hydrogens (tertiary/aromatic N) is 1. The van der Waals surface area contributed by atoms with Crippen LogP contribution >= 0.6 is 0 Å². The fourth-order valence-corrected chi connectivity index (χ4v) is 10.8. The van der Waals surface area contributed by atoms with Crippen molar-refractivity contribution in [3.8, 4) is 0 Å². The van der Waals surface area contributed by atoms with Crippen molar-refractivity contribution in [1.29, 1.82) is 0 Å². The average molecular weight is 1230 g/mol. The minimum atomic E-state index is -2.23. The summed E-state index contributed by atoms with van der Waals surface area (Å²) < 4.78 is 73.2. The van der Waals surface area contributed by atoms with E-state index in [9.17, 15) is 112 Å². The van der Waals surface area contributed by atoms with Crippen molar-refractivity contribution >= 4 is 5.82 Å². The number of nitrogens with one attached hydrogen (secondary N) is 1. The fourth-order valence-electron chi connectivity index (χ4n) is 10.8. The van der Waals surface area contributed by atoms with Gasteiger partial charge in [-0.15, -0.1) is 0 Å². The second kappa shape index (κ2) is 29.5. The van der Waals surface area contributed by atoms with Crippen molar-refractivity contribution in [1.82, 2.24) is 4.98 Å². The Morgan fingerprint density at radius 3 is 0.845 bits per heavy atom. The lowest BCUT2D eigenvalue weighted by molar-refractivity contribution is -0.397. The van der Waals surface area contributed by atoms with Crippen molar-refractivity contribution in [3.05, 3.63) is 24.4 Å². The van der Waals surface area contributed by atoms with Gasteiger partial charge < -0.3 is 179 Å². The van der Waals surface area contributed by atoms with Crippen LogP contribution in [-0.2, 0) is 61.6 Å². The summed E-state index contributed by atoms with van der Waals surface area (Å²) in [6, 6.07) is 3.40. The highest BCUT2D eigenvalue weighted by molar-refractivity contribution is 5.35. The van der Waals surface area contributed by atoms with Gasteiger partial charge in [0.15, 0.2) is 44.0 Å². The van der Waals surface area contributed by atoms with Gasteiger partial charge in [-0.2, -0.15) is 0 Å². The second-order valence-corrected chi connectivity index (χ2v) is 21.0. The van der Waals surface area contributed by atoms with E-state index in [4.69, 9.17) is 61.6 Å². The van der Waals surface area contributed by atoms with Crippen LogP contribution in [0.3, 0.4) is 0 Å². The summed E-state index contributed by atoms with van der Waals surface area (Å²) in [5.41, 5.74) is 0. The Hall–Kier alpha value is -2.45. The summed E-state index contributed by atoms with van der Waals surface area (Å²) in [7, 11) is 0. The number of hydrogen-bond donors (Lipinski definition) is 23. The van der Waals surface area contributed by atoms with Crippen LogP contribution in [0.5, 0.6) is 0 Å². The molecule has 1 unspecified atom stereocenters. The van der Waals surface area contributed by atoms with Gasteiger partial charge >= 0.3 is 0 Å². The molecule has 0 aliphatic carbocycles. The first-order valence-electron chi connectivity index (χ1n) is 26.7. The maximum atomic E-state index is 11.4. The van der Waals surface area contributed by atoms with E-state index in [1.807, 2.05) is 0 Å². The quantitative estimate of drug-likeness (QED) is 0.0543. The highest BCUT2D eigenvalue weighted by atomic mass is 16.8. The molecule has 84 heavy (non-hydrogen) atoms. The van der Waals surface area contributed by atoms with Crippen LogP contribution in [0.25, 0.3) is 0 Å². The Morgan fingerprint density at radius 2 is 0.571 bits per heavy atom. The van der Waals surface area contributed by atoms with Gasteiger partial charge in [-0.25, -0.2) is 4.98 Å². The van der Waals surface area contributed by atoms with Crippen LogP contribution in [0.4, 0.5) is 5.82 Å². The third-order valence-electron chi connectivity index (χ3n) is 15.6. The minimum absolute atomic E-state index is 0.204. The third kappa shape index (κ3) is 14.0. The van der Waals surface area contributed by atoms with E-state index in [0.717, 1.165) is 0 Å². The van der Waals surface area contributed by atoms with Crippen LogP contribution in [0.15, 0.2) is 24.4 Å². The molecule has 1 aromatic heterocycles. The smallest absolute Gasteiger partial charge is 0.187 e. The second-order valence-electron chi connectivity index (χ2n) is 21.0. The number of aromatic nitrogens is 1. The van der Waals surface area contributed by atoms with E-state index in [0.29, 0.717) is 0 Å². The number of ether oxygens (including phenoxy) is 13. The van der Waals surface area contributed by atoms with Crippen molar-refractivity contribution in [2.75, 3.05) is 51.6 Å². The SMILES string of the molecule is OC[C@H]1O[C@H](O[C@H]2[C@H](O)[C@@H](O)[C@@H](O[C@H]3[C@H](O)[C@@H](O)[C@@H](O[C@H]4[C@H](O)[C@@H](O)[C@@H](O[C@H]5[C@H](O)[C@@H](O)[C@@H](O[C@H]6[C@H](O)[C@@H](O)[C@@H](O[C@H]7[C@H](O)[C@@H](Nc8ccccn8)C(O)O[C@@H]7CO)O[C@@H]6CO)O[C@@H]5CO)O[C@@H]4CO)O[C@@H]3CO)O[C@@H]2CO)[C@H](O)[C@@H](O)[C@@H]1O. The Bertz CT molecular complexity index is 2130. The van der Waals surface area contributed by atoms with E-state index in [1.165, 1.54) is 12.3 Å². The van der Waals surface area contributed by atoms with Crippen LogP contribution in [-0.4, -0.2) is 378 Å². The molecule has 7 aliphatic rings. The maximum absolute atomic E-state index is 11.4. The maximum Gasteiger partial charge on any atom is 0.187 e. The normalized spacial score (nSPS) is 50.4. The summed E-state index contributed by atoms with van der Waals surface area (Å²) >= 11 is 0. The van der Waals surface area contributed by atoms with Gasteiger partial charge in [-0.3, -0.25) is 0 Å². The number of rotatable bonds is 21. The van der Waals surface area contributed by atoms with Crippen molar-refractivity contribution in [3.63, 3.8) is 0 Å². The molecule has 7 fully saturated rings. The van der Waals surface area contributed by atoms with Crippen molar-refractivity contribution in [2.45, 2.75) is 215 Å². The predicted octanol–water partition coefficient (Wildman–Crippen LogP) is -14.8. The molecule has 37 heteroatoms. The monoisotopic (exact) mass is 1230 g/mol. The fraction of sp³-hybridized carbons (Fsp3) is 0.894. The zero-order valence-corrected chi connectivity index (χ0v) is 44.1. The zero-order chi connectivity index (χ0) is 61.2. The molecule has 7 aliphatic heterocycles. The summed E-state index contributed by atoms with van der Waals surface area (Å²) in [5.74, 6) is 0.204. The van der Waals surface area contributed by atoms with Gasteiger partial charge in [0.25, 0.3) is 0 Å². The highest BCUT2D eigenvalue weighted by Crippen LogP contribution is 2.38. The van der Waals surface area contributed by atoms with Gasteiger partial charge in [0.05, 0.1) is 46.2 Å². The summed E-state index contributed by atoms with van der Waals surface area (Å²) in [6.45, 7) is -6.79. The lowest BCUT2D eigenvalue weighted by atomic mass is 9.95. The van der Waals surface area contributed by atoms with Crippen LogP contribution < -0.4 is 5.32 Å². The van der Waals surface area contributed by atoms with Crippen LogP contribution in [0.1, 0.15) is 0 Å². The van der Waals surface area contributed by atoms with Gasteiger partial charge in [0.2, 0.25) is 0 Å². The Labute approximate surface area is 474 Å². The molecule has 35 atom stereocenters. The Balaban J connectivity index is 0.859. The molecule has 8 heterocycles. The zero-order valence-electron chi connectivity index (χ0n) is 44.1. The number of anilines is 1. The van der Waals surface area contributed by atoms with E-state index in [-0.39, 0.29) is 5.82 Å². The summed E-state index contributed by atoms with van der Waals surface area (Å²) in [4.78, 5) is 4.07. The number of aliphatic hydroxyl groups excluding tert-OH is 22. The molecule has 0 saturated carbocycles. The first kappa shape index (κ1) is 67.5. The number of aliphatic hydroxyl groups is 22. The minimum Gasteiger partial charge on any atom is -0.394 e. The lowest BCUT2D eigenvalue weighted by Gasteiger charge is -2.50. The molecular formula is C47H76N2O35. The molecule has 0 bridgehead atoms. The summed E-state index contributed by atoms with van der Waals surface area (Å²) in [6.07, 6.45) is -63.3. The molecular weight excluding hydrogens is 1150 g/mol. The molecule has 484 valence electrons. The molecule has 0 aromatic carbocycles. The molecule has 37 nitrogen and oxygen atoms in total. The lowest BCUT2D eigenvalue weighted by Crippen LogP contribution is -2.68. The average Bonchev–Trinajstić information content (AvgIpc) is 3.01. The molecule has 0 amide bonds. The topological polar surface area (TPSA) is 590 Å². The molecule has 0 radical (unpaired) electrons. The molecule has 7 saturated heterocycles. The van der Waals surface area contributed by atoms with E-state index >= 15 is 0 Å².